The molecule has 0 radical (unpaired) electrons. The standard InChI is InChI=1S/C18H30N4O4/c1-3-16(23)13-22-8-6-14(7-9-22)20-18(24)21-15-4-5-17(19-12-15)26-11-10-25-2/h4-5,12,14,16,23H,3,6-11,13H2,1-2H3,(H2,20,21,24)/t16-/m1/s1. The first kappa shape index (κ1) is 20.4. The number of nitrogens with zero attached hydrogens (tertiary/aromatic N) is 2. The number of pyridine rings is 1. The average Bonchev–Trinajstić information content (AvgIpc) is 2.65. The van der Waals surface area contributed by atoms with E-state index in [0.29, 0.717) is 31.3 Å². The van der Waals surface area contributed by atoms with Crippen molar-refractivity contribution in [3.8, 4) is 5.88 Å². The predicted molar refractivity (Wildman–Crippen MR) is 99.5 cm³/mol. The smallest absolute Gasteiger partial charge is 0.319 e. The van der Waals surface area contributed by atoms with Gasteiger partial charge in [0, 0.05) is 38.9 Å². The molecule has 3 N–H and O–H groups in total. The third kappa shape index (κ3) is 7.15. The number of methoxy groups -OCH3 is 1. The number of aliphatic hydroxyl groups excluding tert-OH is 1. The van der Waals surface area contributed by atoms with E-state index in [4.69, 9.17) is 9.47 Å². The third-order valence-electron chi connectivity index (χ3n) is 4.39. The molecule has 2 amide bonds. The van der Waals surface area contributed by atoms with Gasteiger partial charge < -0.3 is 30.1 Å². The zero-order valence-corrected chi connectivity index (χ0v) is 15.6. The number of hydrogen-bond donors (Lipinski definition) is 3. The minimum absolute atomic E-state index is 0.148. The summed E-state index contributed by atoms with van der Waals surface area (Å²) < 4.78 is 10.3. The number of rotatable bonds is 9. The molecule has 1 atom stereocenters. The number of ether oxygens (including phenoxy) is 2. The summed E-state index contributed by atoms with van der Waals surface area (Å²) >= 11 is 0. The van der Waals surface area contributed by atoms with Crippen molar-refractivity contribution in [2.24, 2.45) is 0 Å². The van der Waals surface area contributed by atoms with E-state index < -0.39 is 0 Å². The van der Waals surface area contributed by atoms with Gasteiger partial charge in [-0.15, -0.1) is 0 Å². The summed E-state index contributed by atoms with van der Waals surface area (Å²) in [5, 5.41) is 15.5. The van der Waals surface area contributed by atoms with Gasteiger partial charge in [-0.3, -0.25) is 0 Å². The highest BCUT2D eigenvalue weighted by molar-refractivity contribution is 5.89. The molecule has 1 aliphatic rings. The molecule has 1 aromatic rings. The number of carbonyl (C=O) groups is 1. The van der Waals surface area contributed by atoms with Crippen LogP contribution in [0.1, 0.15) is 26.2 Å². The number of likely N-dealkylation sites (tertiary alicyclic amines) is 1. The van der Waals surface area contributed by atoms with E-state index >= 15 is 0 Å². The van der Waals surface area contributed by atoms with Gasteiger partial charge in [0.25, 0.3) is 0 Å². The van der Waals surface area contributed by atoms with Gasteiger partial charge >= 0.3 is 6.03 Å². The Labute approximate surface area is 154 Å². The molecule has 0 unspecified atom stereocenters. The van der Waals surface area contributed by atoms with Crippen LogP contribution in [0.3, 0.4) is 0 Å². The van der Waals surface area contributed by atoms with Crippen molar-refractivity contribution in [1.82, 2.24) is 15.2 Å². The van der Waals surface area contributed by atoms with Crippen LogP contribution in [0.5, 0.6) is 5.88 Å². The number of β-amino-alcohol motifs (C(OH)–C–C–N with tert-alkyl or cyclic N) is 1. The van der Waals surface area contributed by atoms with E-state index in [1.54, 1.807) is 25.4 Å². The molecule has 0 bridgehead atoms. The van der Waals surface area contributed by atoms with Crippen molar-refractivity contribution in [1.29, 1.82) is 0 Å². The molecule has 1 aliphatic heterocycles. The quantitative estimate of drug-likeness (QED) is 0.573. The second-order valence-corrected chi connectivity index (χ2v) is 6.46. The van der Waals surface area contributed by atoms with Crippen molar-refractivity contribution in [3.63, 3.8) is 0 Å². The van der Waals surface area contributed by atoms with Crippen LogP contribution in [0, 0.1) is 0 Å². The Hall–Kier alpha value is -1.90. The number of piperidine rings is 1. The summed E-state index contributed by atoms with van der Waals surface area (Å²) in [6.07, 6.45) is 3.83. The van der Waals surface area contributed by atoms with Crippen molar-refractivity contribution in [2.45, 2.75) is 38.3 Å². The zero-order chi connectivity index (χ0) is 18.8. The molecule has 146 valence electrons. The number of aliphatic hydroxyl groups is 1. The van der Waals surface area contributed by atoms with Gasteiger partial charge in [-0.1, -0.05) is 6.92 Å². The average molecular weight is 366 g/mol. The summed E-state index contributed by atoms with van der Waals surface area (Å²) in [5.74, 6) is 0.495. The number of aromatic nitrogens is 1. The number of anilines is 1. The summed E-state index contributed by atoms with van der Waals surface area (Å²) in [6.45, 7) is 5.40. The number of urea groups is 1. The number of carbonyl (C=O) groups excluding carboxylic acids is 1. The molecule has 1 saturated heterocycles. The van der Waals surface area contributed by atoms with Crippen LogP contribution in [-0.4, -0.2) is 73.1 Å². The van der Waals surface area contributed by atoms with Crippen LogP contribution in [0.2, 0.25) is 0 Å². The molecular formula is C18H30N4O4. The Morgan fingerprint density at radius 2 is 2.15 bits per heavy atom. The first-order valence-corrected chi connectivity index (χ1v) is 9.16. The fourth-order valence-electron chi connectivity index (χ4n) is 2.81. The van der Waals surface area contributed by atoms with Crippen LogP contribution >= 0.6 is 0 Å². The first-order chi connectivity index (χ1) is 12.6. The summed E-state index contributed by atoms with van der Waals surface area (Å²) in [7, 11) is 1.61. The van der Waals surface area contributed by atoms with E-state index in [-0.39, 0.29) is 18.2 Å². The van der Waals surface area contributed by atoms with E-state index in [1.807, 2.05) is 6.92 Å². The normalized spacial score (nSPS) is 16.9. The SMILES string of the molecule is CC[C@@H](O)CN1CCC(NC(=O)Nc2ccc(OCCOC)nc2)CC1. The van der Waals surface area contributed by atoms with E-state index in [2.05, 4.69) is 20.5 Å². The topological polar surface area (TPSA) is 96.0 Å². The van der Waals surface area contributed by atoms with Crippen LogP contribution in [0.25, 0.3) is 0 Å². The maximum atomic E-state index is 12.1. The molecule has 2 heterocycles. The molecule has 8 heteroatoms. The fraction of sp³-hybridized carbons (Fsp3) is 0.667. The lowest BCUT2D eigenvalue weighted by molar-refractivity contribution is 0.0925. The lowest BCUT2D eigenvalue weighted by atomic mass is 10.0. The minimum atomic E-state index is -0.267. The van der Waals surface area contributed by atoms with Crippen LogP contribution in [-0.2, 0) is 4.74 Å². The highest BCUT2D eigenvalue weighted by Gasteiger charge is 2.21. The zero-order valence-electron chi connectivity index (χ0n) is 15.6. The first-order valence-electron chi connectivity index (χ1n) is 9.16. The Morgan fingerprint density at radius 3 is 2.77 bits per heavy atom. The molecule has 8 nitrogen and oxygen atoms in total. The Balaban J connectivity index is 1.69. The molecule has 0 saturated carbocycles. The van der Waals surface area contributed by atoms with Crippen LogP contribution in [0.4, 0.5) is 10.5 Å². The predicted octanol–water partition coefficient (Wildman–Crippen LogP) is 1.46. The van der Waals surface area contributed by atoms with Crippen LogP contribution < -0.4 is 15.4 Å². The van der Waals surface area contributed by atoms with Crippen molar-refractivity contribution in [2.75, 3.05) is 45.3 Å². The molecule has 0 aliphatic carbocycles. The molecule has 0 spiro atoms. The highest BCUT2D eigenvalue weighted by atomic mass is 16.5. The van der Waals surface area contributed by atoms with Crippen LogP contribution in [0.15, 0.2) is 18.3 Å². The maximum Gasteiger partial charge on any atom is 0.319 e. The van der Waals surface area contributed by atoms with E-state index in [1.165, 1.54) is 0 Å². The molecule has 1 fully saturated rings. The molecule has 2 rings (SSSR count). The molecule has 26 heavy (non-hydrogen) atoms. The Kier molecular flexibility index (Phi) is 8.60. The van der Waals surface area contributed by atoms with Gasteiger partial charge in [-0.05, 0) is 25.3 Å². The monoisotopic (exact) mass is 366 g/mol. The van der Waals surface area contributed by atoms with Gasteiger partial charge in [0.15, 0.2) is 0 Å². The maximum absolute atomic E-state index is 12.1. The van der Waals surface area contributed by atoms with Gasteiger partial charge in [0.2, 0.25) is 5.88 Å². The number of nitrogens with one attached hydrogen (secondary N) is 2. The van der Waals surface area contributed by atoms with Gasteiger partial charge in [-0.2, -0.15) is 0 Å². The minimum Gasteiger partial charge on any atom is -0.475 e. The summed E-state index contributed by atoms with van der Waals surface area (Å²) in [5.41, 5.74) is 0.616. The van der Waals surface area contributed by atoms with Crippen molar-refractivity contribution < 1.29 is 19.4 Å². The lowest BCUT2D eigenvalue weighted by Gasteiger charge is -2.33. The lowest BCUT2D eigenvalue weighted by Crippen LogP contribution is -2.47. The number of hydrogen-bond acceptors (Lipinski definition) is 6. The third-order valence-corrected chi connectivity index (χ3v) is 4.39. The summed E-state index contributed by atoms with van der Waals surface area (Å²) in [6, 6.07) is 3.38. The van der Waals surface area contributed by atoms with Gasteiger partial charge in [-0.25, -0.2) is 9.78 Å². The molecule has 0 aromatic carbocycles. The number of amides is 2. The highest BCUT2D eigenvalue weighted by Crippen LogP contribution is 2.13. The van der Waals surface area contributed by atoms with Crippen molar-refractivity contribution >= 4 is 11.7 Å². The Morgan fingerprint density at radius 1 is 1.38 bits per heavy atom. The molecular weight excluding hydrogens is 336 g/mol. The largest absolute Gasteiger partial charge is 0.475 e. The van der Waals surface area contributed by atoms with Gasteiger partial charge in [0.1, 0.15) is 6.61 Å². The fourth-order valence-corrected chi connectivity index (χ4v) is 2.81. The van der Waals surface area contributed by atoms with Crippen molar-refractivity contribution in [3.05, 3.63) is 18.3 Å². The van der Waals surface area contributed by atoms with Gasteiger partial charge in [0.05, 0.1) is 24.6 Å². The second kappa shape index (κ2) is 10.9. The second-order valence-electron chi connectivity index (χ2n) is 6.46. The Bertz CT molecular complexity index is 532. The summed E-state index contributed by atoms with van der Waals surface area (Å²) in [4.78, 5) is 18.5. The van der Waals surface area contributed by atoms with E-state index in [9.17, 15) is 9.90 Å². The van der Waals surface area contributed by atoms with E-state index in [0.717, 1.165) is 32.4 Å². The molecule has 1 aromatic heterocycles.